The fraction of sp³-hybridized carbons (Fsp3) is 0.368. The lowest BCUT2D eigenvalue weighted by molar-refractivity contribution is 0.208. The topological polar surface area (TPSA) is 58.0 Å². The van der Waals surface area contributed by atoms with Crippen molar-refractivity contribution in [3.63, 3.8) is 0 Å². The van der Waals surface area contributed by atoms with Gasteiger partial charge in [-0.05, 0) is 49.3 Å². The van der Waals surface area contributed by atoms with Crippen molar-refractivity contribution >= 4 is 27.4 Å². The van der Waals surface area contributed by atoms with Crippen LogP contribution in [0.5, 0.6) is 0 Å². The predicted molar refractivity (Wildman–Crippen MR) is 99.7 cm³/mol. The molecule has 2 heterocycles. The van der Waals surface area contributed by atoms with Gasteiger partial charge in [-0.25, -0.2) is 9.97 Å². The number of aliphatic hydroxyl groups is 1. The minimum absolute atomic E-state index is 0.416. The van der Waals surface area contributed by atoms with Gasteiger partial charge in [0.15, 0.2) is 0 Å². The number of rotatable bonds is 4. The molecule has 4 nitrogen and oxygen atoms in total. The smallest absolute Gasteiger partial charge is 0.138 e. The largest absolute Gasteiger partial charge is 0.392 e. The molecule has 1 unspecified atom stereocenters. The van der Waals surface area contributed by atoms with Gasteiger partial charge in [-0.1, -0.05) is 18.2 Å². The summed E-state index contributed by atoms with van der Waals surface area (Å²) in [5.74, 6) is 0.801. The number of thiophene rings is 1. The molecule has 1 atom stereocenters. The zero-order valence-electron chi connectivity index (χ0n) is 13.7. The molecule has 0 aliphatic heterocycles. The SMILES string of the molecule is CC(O)CNc1ncnc2scc(-c3ccc4c(c3)CCCC4)c12. The van der Waals surface area contributed by atoms with Crippen LogP contribution in [0.3, 0.4) is 0 Å². The number of aliphatic hydroxyl groups excluding tert-OH is 1. The Morgan fingerprint density at radius 1 is 1.21 bits per heavy atom. The minimum atomic E-state index is -0.416. The van der Waals surface area contributed by atoms with E-state index in [0.717, 1.165) is 16.0 Å². The maximum Gasteiger partial charge on any atom is 0.138 e. The summed E-state index contributed by atoms with van der Waals surface area (Å²) in [5, 5.41) is 16.0. The van der Waals surface area contributed by atoms with E-state index < -0.39 is 6.10 Å². The van der Waals surface area contributed by atoms with Gasteiger partial charge in [-0.15, -0.1) is 11.3 Å². The van der Waals surface area contributed by atoms with Crippen LogP contribution in [0.25, 0.3) is 21.3 Å². The van der Waals surface area contributed by atoms with E-state index in [-0.39, 0.29) is 0 Å². The standard InChI is InChI=1S/C19H21N3OS/c1-12(23)9-20-18-17-16(10-24-19(17)22-11-21-18)15-7-6-13-4-2-3-5-14(13)8-15/h6-8,10-12,23H,2-5,9H2,1H3,(H,20,21,22). The highest BCUT2D eigenvalue weighted by Crippen LogP contribution is 2.37. The molecule has 1 aliphatic carbocycles. The lowest BCUT2D eigenvalue weighted by Crippen LogP contribution is -2.16. The second kappa shape index (κ2) is 6.49. The molecule has 2 N–H and O–H groups in total. The molecule has 0 saturated heterocycles. The van der Waals surface area contributed by atoms with Crippen molar-refractivity contribution in [2.45, 2.75) is 38.7 Å². The van der Waals surface area contributed by atoms with Crippen LogP contribution in [-0.4, -0.2) is 27.7 Å². The number of benzene rings is 1. The maximum absolute atomic E-state index is 9.55. The predicted octanol–water partition coefficient (Wildman–Crippen LogP) is 4.03. The molecule has 24 heavy (non-hydrogen) atoms. The molecule has 0 radical (unpaired) electrons. The van der Waals surface area contributed by atoms with E-state index in [0.29, 0.717) is 6.54 Å². The number of hydrogen-bond acceptors (Lipinski definition) is 5. The number of hydrogen-bond donors (Lipinski definition) is 2. The Morgan fingerprint density at radius 2 is 2.04 bits per heavy atom. The highest BCUT2D eigenvalue weighted by molar-refractivity contribution is 7.17. The summed E-state index contributed by atoms with van der Waals surface area (Å²) in [6.45, 7) is 2.25. The molecule has 0 spiro atoms. The number of fused-ring (bicyclic) bond motifs is 2. The Bertz CT molecular complexity index is 872. The first-order chi connectivity index (χ1) is 11.7. The van der Waals surface area contributed by atoms with Crippen LogP contribution < -0.4 is 5.32 Å². The van der Waals surface area contributed by atoms with E-state index in [1.165, 1.54) is 47.9 Å². The molecule has 1 aromatic carbocycles. The fourth-order valence-corrected chi connectivity index (χ4v) is 4.28. The third-order valence-electron chi connectivity index (χ3n) is 4.59. The van der Waals surface area contributed by atoms with Crippen LogP contribution in [0.15, 0.2) is 29.9 Å². The Hall–Kier alpha value is -1.98. The van der Waals surface area contributed by atoms with Crippen LogP contribution in [0.1, 0.15) is 30.9 Å². The monoisotopic (exact) mass is 339 g/mol. The van der Waals surface area contributed by atoms with Crippen molar-refractivity contribution in [2.75, 3.05) is 11.9 Å². The van der Waals surface area contributed by atoms with Gasteiger partial charge in [0.2, 0.25) is 0 Å². The van der Waals surface area contributed by atoms with E-state index in [9.17, 15) is 5.11 Å². The number of nitrogens with zero attached hydrogens (tertiary/aromatic N) is 2. The summed E-state index contributed by atoms with van der Waals surface area (Å²) in [5.41, 5.74) is 5.38. The maximum atomic E-state index is 9.55. The molecule has 0 fully saturated rings. The van der Waals surface area contributed by atoms with Gasteiger partial charge in [-0.2, -0.15) is 0 Å². The molecule has 0 saturated carbocycles. The van der Waals surface area contributed by atoms with Crippen LogP contribution in [0.2, 0.25) is 0 Å². The molecule has 124 valence electrons. The summed E-state index contributed by atoms with van der Waals surface area (Å²) < 4.78 is 0. The van der Waals surface area contributed by atoms with Gasteiger partial charge in [-0.3, -0.25) is 0 Å². The van der Waals surface area contributed by atoms with E-state index in [4.69, 9.17) is 0 Å². The quantitative estimate of drug-likeness (QED) is 0.753. The average Bonchev–Trinajstić information content (AvgIpc) is 3.04. The Balaban J connectivity index is 1.79. The highest BCUT2D eigenvalue weighted by atomic mass is 32.1. The molecule has 1 aliphatic rings. The van der Waals surface area contributed by atoms with Crippen molar-refractivity contribution in [1.29, 1.82) is 0 Å². The molecule has 4 rings (SSSR count). The first-order valence-electron chi connectivity index (χ1n) is 8.48. The van der Waals surface area contributed by atoms with E-state index in [1.807, 2.05) is 0 Å². The number of nitrogens with one attached hydrogen (secondary N) is 1. The van der Waals surface area contributed by atoms with Crippen molar-refractivity contribution in [3.05, 3.63) is 41.0 Å². The average molecular weight is 339 g/mol. The van der Waals surface area contributed by atoms with E-state index in [2.05, 4.69) is 38.9 Å². The third kappa shape index (κ3) is 2.89. The Kier molecular flexibility index (Phi) is 4.21. The molecule has 0 bridgehead atoms. The lowest BCUT2D eigenvalue weighted by Gasteiger charge is -2.16. The Morgan fingerprint density at radius 3 is 2.88 bits per heavy atom. The summed E-state index contributed by atoms with van der Waals surface area (Å²) in [7, 11) is 0. The second-order valence-electron chi connectivity index (χ2n) is 6.47. The summed E-state index contributed by atoms with van der Waals surface area (Å²) in [6.07, 6.45) is 6.12. The van der Waals surface area contributed by atoms with E-state index >= 15 is 0 Å². The summed E-state index contributed by atoms with van der Waals surface area (Å²) in [4.78, 5) is 9.78. The number of aryl methyl sites for hydroxylation is 2. The molecule has 5 heteroatoms. The van der Waals surface area contributed by atoms with Crippen molar-refractivity contribution < 1.29 is 5.11 Å². The van der Waals surface area contributed by atoms with Crippen LogP contribution in [-0.2, 0) is 12.8 Å². The summed E-state index contributed by atoms with van der Waals surface area (Å²) in [6, 6.07) is 6.83. The van der Waals surface area contributed by atoms with Gasteiger partial charge in [0.05, 0.1) is 11.5 Å². The highest BCUT2D eigenvalue weighted by Gasteiger charge is 2.16. The van der Waals surface area contributed by atoms with Crippen LogP contribution in [0, 0.1) is 0 Å². The first kappa shape index (κ1) is 15.5. The zero-order chi connectivity index (χ0) is 16.5. The summed E-state index contributed by atoms with van der Waals surface area (Å²) >= 11 is 1.64. The molecule has 3 aromatic rings. The van der Waals surface area contributed by atoms with Gasteiger partial charge in [0.1, 0.15) is 17.0 Å². The van der Waals surface area contributed by atoms with Gasteiger partial charge >= 0.3 is 0 Å². The normalized spacial score (nSPS) is 15.2. The number of aromatic nitrogens is 2. The molecular weight excluding hydrogens is 318 g/mol. The van der Waals surface area contributed by atoms with Crippen LogP contribution >= 0.6 is 11.3 Å². The van der Waals surface area contributed by atoms with Crippen LogP contribution in [0.4, 0.5) is 5.82 Å². The Labute approximate surface area is 145 Å². The third-order valence-corrected chi connectivity index (χ3v) is 5.48. The van der Waals surface area contributed by atoms with Crippen molar-refractivity contribution in [1.82, 2.24) is 9.97 Å². The lowest BCUT2D eigenvalue weighted by atomic mass is 9.89. The van der Waals surface area contributed by atoms with Crippen molar-refractivity contribution in [2.24, 2.45) is 0 Å². The second-order valence-corrected chi connectivity index (χ2v) is 7.33. The fourth-order valence-electron chi connectivity index (χ4n) is 3.37. The van der Waals surface area contributed by atoms with Gasteiger partial charge < -0.3 is 10.4 Å². The zero-order valence-corrected chi connectivity index (χ0v) is 14.6. The van der Waals surface area contributed by atoms with Crippen molar-refractivity contribution in [3.8, 4) is 11.1 Å². The van der Waals surface area contributed by atoms with Gasteiger partial charge in [0, 0.05) is 17.5 Å². The minimum Gasteiger partial charge on any atom is -0.392 e. The van der Waals surface area contributed by atoms with Gasteiger partial charge in [0.25, 0.3) is 0 Å². The first-order valence-corrected chi connectivity index (χ1v) is 9.36. The van der Waals surface area contributed by atoms with E-state index in [1.54, 1.807) is 24.6 Å². The molecular formula is C19H21N3OS. The number of anilines is 1. The molecule has 2 aromatic heterocycles. The molecule has 0 amide bonds.